The van der Waals surface area contributed by atoms with Gasteiger partial charge in [-0.15, -0.1) is 11.3 Å². The molecule has 1 aromatic carbocycles. The number of benzene rings is 1. The number of rotatable bonds is 6. The van der Waals surface area contributed by atoms with Gasteiger partial charge < -0.3 is 9.80 Å². The first kappa shape index (κ1) is 30.1. The zero-order chi connectivity index (χ0) is 31.1. The third kappa shape index (κ3) is 5.22. The number of carbonyl (C=O) groups excluding carboxylic acids is 3. The second-order valence-electron chi connectivity index (χ2n) is 10.1. The van der Waals surface area contributed by atoms with Gasteiger partial charge in [0.15, 0.2) is 0 Å². The van der Waals surface area contributed by atoms with Gasteiger partial charge in [0, 0.05) is 47.5 Å². The monoisotopic (exact) mass is 633 g/mol. The second-order valence-corrected chi connectivity index (χ2v) is 11.9. The Bertz CT molecular complexity index is 1740. The van der Waals surface area contributed by atoms with Crippen molar-refractivity contribution in [1.82, 2.24) is 24.8 Å². The van der Waals surface area contributed by atoms with Crippen LogP contribution in [0.3, 0.4) is 0 Å². The fourth-order valence-corrected chi connectivity index (χ4v) is 6.89. The van der Waals surface area contributed by atoms with Gasteiger partial charge in [-0.3, -0.25) is 19.6 Å². The van der Waals surface area contributed by atoms with E-state index in [1.807, 2.05) is 0 Å². The molecule has 3 aromatic rings. The van der Waals surface area contributed by atoms with E-state index >= 15 is 0 Å². The van der Waals surface area contributed by atoms with Crippen LogP contribution in [0.15, 0.2) is 72.7 Å². The number of carbonyl (C=O) groups is 3. The zero-order valence-electron chi connectivity index (χ0n) is 23.4. The maximum atomic E-state index is 14.4. The third-order valence-electron chi connectivity index (χ3n) is 7.59. The molecule has 2 saturated heterocycles. The third-order valence-corrected chi connectivity index (χ3v) is 9.20. The lowest BCUT2D eigenvalue weighted by molar-refractivity contribution is -0.125. The number of imide groups is 1. The topological polar surface area (TPSA) is 123 Å². The molecular weight excluding hydrogens is 609 g/mol. The highest BCUT2D eigenvalue weighted by Crippen LogP contribution is 2.45. The molecule has 2 aromatic heterocycles. The van der Waals surface area contributed by atoms with Crippen LogP contribution in [0.25, 0.3) is 10.7 Å². The summed E-state index contributed by atoms with van der Waals surface area (Å²) >= 11 is 13.6. The molecule has 0 saturated carbocycles. The van der Waals surface area contributed by atoms with Gasteiger partial charge in [0.25, 0.3) is 11.8 Å². The summed E-state index contributed by atoms with van der Waals surface area (Å²) in [5.41, 5.74) is 0.649. The Labute approximate surface area is 262 Å². The number of halogens is 2. The normalized spacial score (nSPS) is 20.5. The number of anilines is 1. The number of amides is 4. The largest absolute Gasteiger partial charge is 0.334 e. The van der Waals surface area contributed by atoms with Crippen LogP contribution in [0.4, 0.5) is 10.5 Å². The maximum Gasteiger partial charge on any atom is 0.332 e. The number of nitriles is 1. The van der Waals surface area contributed by atoms with E-state index < -0.39 is 23.4 Å². The average molecular weight is 635 g/mol. The van der Waals surface area contributed by atoms with Crippen LogP contribution in [0.1, 0.15) is 22.3 Å². The number of likely N-dealkylation sites (N-methyl/N-ethyl adjacent to an activating group) is 1. The predicted octanol–water partition coefficient (Wildman–Crippen LogP) is 5.71. The highest BCUT2D eigenvalue weighted by atomic mass is 35.5. The molecule has 10 nitrogen and oxygen atoms in total. The molecule has 1 spiro atoms. The molecule has 2 aliphatic rings. The Hall–Kier alpha value is -4.37. The molecule has 0 radical (unpaired) electrons. The van der Waals surface area contributed by atoms with Crippen molar-refractivity contribution in [2.75, 3.05) is 25.0 Å². The zero-order valence-corrected chi connectivity index (χ0v) is 25.7. The molecule has 2 aliphatic heterocycles. The summed E-state index contributed by atoms with van der Waals surface area (Å²) in [5, 5.41) is 10.4. The van der Waals surface area contributed by atoms with E-state index in [-0.39, 0.29) is 34.7 Å². The highest BCUT2D eigenvalue weighted by Gasteiger charge is 2.65. The number of aromatic nitrogens is 3. The van der Waals surface area contributed by atoms with Gasteiger partial charge in [-0.05, 0) is 43.7 Å². The summed E-state index contributed by atoms with van der Waals surface area (Å²) in [6.45, 7) is 7.66. The molecule has 43 heavy (non-hydrogen) atoms. The van der Waals surface area contributed by atoms with E-state index in [0.717, 1.165) is 4.90 Å². The number of thiazole rings is 1. The van der Waals surface area contributed by atoms with Crippen LogP contribution < -0.4 is 4.90 Å². The van der Waals surface area contributed by atoms with Crippen LogP contribution in [-0.4, -0.2) is 68.3 Å². The van der Waals surface area contributed by atoms with Crippen molar-refractivity contribution < 1.29 is 14.4 Å². The fraction of sp³-hybridized carbons (Fsp3) is 0.233. The Morgan fingerprint density at radius 2 is 1.93 bits per heavy atom. The summed E-state index contributed by atoms with van der Waals surface area (Å²) in [7, 11) is 1.53. The van der Waals surface area contributed by atoms with Crippen molar-refractivity contribution in [3.05, 3.63) is 93.4 Å². The molecule has 4 heterocycles. The molecule has 0 aliphatic carbocycles. The van der Waals surface area contributed by atoms with Crippen LogP contribution >= 0.6 is 34.5 Å². The quantitative estimate of drug-likeness (QED) is 0.193. The van der Waals surface area contributed by atoms with Crippen LogP contribution in [0, 0.1) is 24.2 Å². The number of aryl methyl sites for hydroxylation is 1. The highest BCUT2D eigenvalue weighted by molar-refractivity contribution is 7.17. The van der Waals surface area contributed by atoms with Crippen molar-refractivity contribution >= 4 is 58.1 Å². The van der Waals surface area contributed by atoms with Crippen LogP contribution in [0.2, 0.25) is 10.0 Å². The Morgan fingerprint density at radius 1 is 1.21 bits per heavy atom. The predicted molar refractivity (Wildman–Crippen MR) is 165 cm³/mol. The van der Waals surface area contributed by atoms with Gasteiger partial charge in [0.05, 0.1) is 30.2 Å². The number of likely N-dealkylation sites (tertiary alicyclic amines) is 1. The standard InChI is InChI=1S/C30H25Cl2N7O3S/c1-5-19(13-33)7-6-17(2)23-15-38(27(40)25-18(3)36-26(43-25)24-14-34-8-9-35-24)16-30(23)28(41)39(29(42)37(30)4)22-11-20(31)10-21(32)12-22/h5-12,14,23H,2,15-16H2,1,3-4H3/b7-6-,19-5+/t23-,30+/m0/s1. The summed E-state index contributed by atoms with van der Waals surface area (Å²) in [4.78, 5) is 59.3. The van der Waals surface area contributed by atoms with Gasteiger partial charge in [-0.2, -0.15) is 5.26 Å². The SMILES string of the molecule is C=C(/C=C\C(C#N)=C/C)[C@@H]1CN(C(=O)c2sc(-c3cnccn3)nc2C)C[C@]12C(=O)N(c1cc(Cl)cc(Cl)c1)C(=O)N2C. The minimum absolute atomic E-state index is 0.0883. The van der Waals surface area contributed by atoms with E-state index in [9.17, 15) is 19.6 Å². The Balaban J connectivity index is 1.56. The van der Waals surface area contributed by atoms with Gasteiger partial charge in [0.1, 0.15) is 21.1 Å². The molecule has 2 atom stereocenters. The molecule has 2 fully saturated rings. The minimum Gasteiger partial charge on any atom is -0.334 e. The smallest absolute Gasteiger partial charge is 0.332 e. The van der Waals surface area contributed by atoms with E-state index in [0.29, 0.717) is 32.4 Å². The maximum absolute atomic E-state index is 14.4. The van der Waals surface area contributed by atoms with Crippen molar-refractivity contribution in [2.24, 2.45) is 5.92 Å². The van der Waals surface area contributed by atoms with Crippen LogP contribution in [0.5, 0.6) is 0 Å². The fourth-order valence-electron chi connectivity index (χ4n) is 5.38. The first-order valence-electron chi connectivity index (χ1n) is 13.1. The van der Waals surface area contributed by atoms with Gasteiger partial charge >= 0.3 is 6.03 Å². The van der Waals surface area contributed by atoms with E-state index in [1.165, 1.54) is 41.5 Å². The number of hydrogen-bond donors (Lipinski definition) is 0. The molecule has 218 valence electrons. The number of nitrogens with zero attached hydrogens (tertiary/aromatic N) is 7. The molecule has 13 heteroatoms. The first-order valence-corrected chi connectivity index (χ1v) is 14.6. The number of hydrogen-bond acceptors (Lipinski definition) is 8. The van der Waals surface area contributed by atoms with Crippen molar-refractivity contribution in [3.8, 4) is 16.8 Å². The summed E-state index contributed by atoms with van der Waals surface area (Å²) in [6, 6.07) is 5.96. The van der Waals surface area contributed by atoms with Crippen molar-refractivity contribution in [1.29, 1.82) is 5.26 Å². The van der Waals surface area contributed by atoms with Crippen LogP contribution in [-0.2, 0) is 4.79 Å². The molecule has 5 rings (SSSR count). The average Bonchev–Trinajstić information content (AvgIpc) is 3.63. The van der Waals surface area contributed by atoms with Gasteiger partial charge in [-0.1, -0.05) is 41.9 Å². The number of urea groups is 1. The lowest BCUT2D eigenvalue weighted by Gasteiger charge is -2.33. The molecule has 0 N–H and O–H groups in total. The van der Waals surface area contributed by atoms with E-state index in [1.54, 1.807) is 55.6 Å². The van der Waals surface area contributed by atoms with E-state index in [4.69, 9.17) is 23.2 Å². The summed E-state index contributed by atoms with van der Waals surface area (Å²) in [6.07, 6.45) is 9.55. The Morgan fingerprint density at radius 3 is 2.56 bits per heavy atom. The van der Waals surface area contributed by atoms with Crippen molar-refractivity contribution in [2.45, 2.75) is 19.4 Å². The molecule has 0 unspecified atom stereocenters. The Kier molecular flexibility index (Phi) is 8.21. The summed E-state index contributed by atoms with van der Waals surface area (Å²) < 4.78 is 0. The molecule has 0 bridgehead atoms. The number of allylic oxidation sites excluding steroid dienone is 4. The van der Waals surface area contributed by atoms with Gasteiger partial charge in [0.2, 0.25) is 0 Å². The second kappa shape index (κ2) is 11.7. The molecular formula is C30H25Cl2N7O3S. The summed E-state index contributed by atoms with van der Waals surface area (Å²) in [5.74, 6) is -1.58. The lowest BCUT2D eigenvalue weighted by atomic mass is 9.80. The molecule has 4 amide bonds. The first-order chi connectivity index (χ1) is 20.5. The van der Waals surface area contributed by atoms with E-state index in [2.05, 4.69) is 27.6 Å². The van der Waals surface area contributed by atoms with Crippen molar-refractivity contribution in [3.63, 3.8) is 0 Å². The lowest BCUT2D eigenvalue weighted by Crippen LogP contribution is -2.55. The van der Waals surface area contributed by atoms with Gasteiger partial charge in [-0.25, -0.2) is 14.7 Å². The minimum atomic E-state index is -1.49.